The van der Waals surface area contributed by atoms with E-state index in [2.05, 4.69) is 21.2 Å². The molecule has 104 valence electrons. The summed E-state index contributed by atoms with van der Waals surface area (Å²) in [6.45, 7) is 2.01. The number of halogens is 1. The maximum absolute atomic E-state index is 11.1. The Bertz CT molecular complexity index is 644. The van der Waals surface area contributed by atoms with Gasteiger partial charge < -0.3 is 16.2 Å². The van der Waals surface area contributed by atoms with E-state index in [-0.39, 0.29) is 17.3 Å². The third-order valence-electron chi connectivity index (χ3n) is 3.02. The van der Waals surface area contributed by atoms with Crippen LogP contribution in [0.5, 0.6) is 0 Å². The maximum atomic E-state index is 11.1. The van der Waals surface area contributed by atoms with Crippen LogP contribution < -0.4 is 11.1 Å². The van der Waals surface area contributed by atoms with Crippen LogP contribution >= 0.6 is 15.9 Å². The van der Waals surface area contributed by atoms with Gasteiger partial charge in [0.25, 0.3) is 0 Å². The quantitative estimate of drug-likeness (QED) is 0.741. The normalized spacial score (nSPS) is 11.9. The summed E-state index contributed by atoms with van der Waals surface area (Å²) in [4.78, 5) is 11.1. The van der Waals surface area contributed by atoms with Crippen LogP contribution in [0.4, 0.5) is 11.4 Å². The number of rotatable bonds is 4. The van der Waals surface area contributed by atoms with Gasteiger partial charge in [-0.1, -0.05) is 28.1 Å². The lowest BCUT2D eigenvalue weighted by molar-refractivity contribution is 0.0698. The van der Waals surface area contributed by atoms with E-state index < -0.39 is 5.97 Å². The number of hydrogen-bond donors (Lipinski definition) is 3. The number of anilines is 2. The Balaban J connectivity index is 2.22. The van der Waals surface area contributed by atoms with Crippen molar-refractivity contribution in [1.82, 2.24) is 0 Å². The summed E-state index contributed by atoms with van der Waals surface area (Å²) >= 11 is 3.43. The van der Waals surface area contributed by atoms with Crippen molar-refractivity contribution >= 4 is 33.3 Å². The second-order valence-electron chi connectivity index (χ2n) is 4.53. The molecule has 2 aromatic carbocycles. The molecule has 0 bridgehead atoms. The van der Waals surface area contributed by atoms with E-state index in [0.717, 1.165) is 15.7 Å². The smallest absolute Gasteiger partial charge is 0.337 e. The highest BCUT2D eigenvalue weighted by Crippen LogP contribution is 2.24. The average Bonchev–Trinajstić information content (AvgIpc) is 2.40. The van der Waals surface area contributed by atoms with Gasteiger partial charge in [-0.05, 0) is 42.8 Å². The summed E-state index contributed by atoms with van der Waals surface area (Å²) in [6, 6.07) is 12.9. The predicted molar refractivity (Wildman–Crippen MR) is 84.0 cm³/mol. The van der Waals surface area contributed by atoms with E-state index in [1.165, 1.54) is 0 Å². The first-order chi connectivity index (χ1) is 9.47. The molecule has 0 aliphatic rings. The number of carbonyl (C=O) groups is 1. The van der Waals surface area contributed by atoms with Gasteiger partial charge in [0, 0.05) is 21.9 Å². The van der Waals surface area contributed by atoms with Crippen molar-refractivity contribution in [3.8, 4) is 0 Å². The Morgan fingerprint density at radius 1 is 1.30 bits per heavy atom. The van der Waals surface area contributed by atoms with E-state index in [1.807, 2.05) is 31.2 Å². The van der Waals surface area contributed by atoms with Gasteiger partial charge in [0.1, 0.15) is 0 Å². The molecule has 0 saturated carbocycles. The zero-order valence-corrected chi connectivity index (χ0v) is 12.5. The van der Waals surface area contributed by atoms with Gasteiger partial charge in [-0.15, -0.1) is 0 Å². The molecule has 1 unspecified atom stereocenters. The van der Waals surface area contributed by atoms with Gasteiger partial charge in [-0.3, -0.25) is 0 Å². The van der Waals surface area contributed by atoms with E-state index in [4.69, 9.17) is 10.8 Å². The van der Waals surface area contributed by atoms with Gasteiger partial charge in [-0.25, -0.2) is 4.79 Å². The second kappa shape index (κ2) is 5.96. The Kier molecular flexibility index (Phi) is 4.29. The monoisotopic (exact) mass is 334 g/mol. The summed E-state index contributed by atoms with van der Waals surface area (Å²) in [5.41, 5.74) is 7.84. The number of nitrogen functional groups attached to an aromatic ring is 1. The van der Waals surface area contributed by atoms with Crippen molar-refractivity contribution in [2.45, 2.75) is 13.0 Å². The number of carboxylic acids is 1. The topological polar surface area (TPSA) is 75.3 Å². The van der Waals surface area contributed by atoms with Crippen molar-refractivity contribution in [3.63, 3.8) is 0 Å². The molecule has 4 nitrogen and oxygen atoms in total. The van der Waals surface area contributed by atoms with Crippen molar-refractivity contribution < 1.29 is 9.90 Å². The number of aromatic carboxylic acids is 1. The first-order valence-electron chi connectivity index (χ1n) is 6.12. The predicted octanol–water partition coefficient (Wildman–Crippen LogP) is 3.90. The van der Waals surface area contributed by atoms with Crippen LogP contribution in [0, 0.1) is 0 Å². The number of carboxylic acid groups (broad SMARTS) is 1. The molecule has 2 aromatic rings. The Labute approximate surface area is 125 Å². The highest BCUT2D eigenvalue weighted by Gasteiger charge is 2.11. The molecule has 20 heavy (non-hydrogen) atoms. The number of nitrogens with two attached hydrogens (primary N) is 1. The van der Waals surface area contributed by atoms with Crippen LogP contribution in [0.15, 0.2) is 46.9 Å². The van der Waals surface area contributed by atoms with Gasteiger partial charge in [-0.2, -0.15) is 0 Å². The third-order valence-corrected chi connectivity index (χ3v) is 3.51. The fourth-order valence-electron chi connectivity index (χ4n) is 1.94. The van der Waals surface area contributed by atoms with E-state index in [1.54, 1.807) is 18.2 Å². The molecule has 0 aliphatic heterocycles. The fraction of sp³-hybridized carbons (Fsp3) is 0.133. The molecule has 0 heterocycles. The molecule has 1 atom stereocenters. The minimum absolute atomic E-state index is 0.0535. The van der Waals surface area contributed by atoms with Crippen molar-refractivity contribution in [1.29, 1.82) is 0 Å². The summed E-state index contributed by atoms with van der Waals surface area (Å²) in [5, 5.41) is 12.3. The summed E-state index contributed by atoms with van der Waals surface area (Å²) in [6.07, 6.45) is 0. The molecule has 0 spiro atoms. The first-order valence-corrected chi connectivity index (χ1v) is 6.91. The zero-order valence-electron chi connectivity index (χ0n) is 10.9. The van der Waals surface area contributed by atoms with E-state index >= 15 is 0 Å². The molecule has 0 radical (unpaired) electrons. The highest BCUT2D eigenvalue weighted by atomic mass is 79.9. The van der Waals surface area contributed by atoms with Crippen LogP contribution in [-0.2, 0) is 0 Å². The molecule has 4 N–H and O–H groups in total. The molecule has 0 aliphatic carbocycles. The van der Waals surface area contributed by atoms with Crippen molar-refractivity contribution in [2.24, 2.45) is 0 Å². The first kappa shape index (κ1) is 14.4. The molecule has 0 fully saturated rings. The van der Waals surface area contributed by atoms with Crippen LogP contribution in [0.2, 0.25) is 0 Å². The van der Waals surface area contributed by atoms with Crippen molar-refractivity contribution in [3.05, 3.63) is 58.1 Å². The van der Waals surface area contributed by atoms with Gasteiger partial charge >= 0.3 is 5.97 Å². The van der Waals surface area contributed by atoms with Crippen LogP contribution in [0.3, 0.4) is 0 Å². The Morgan fingerprint density at radius 2 is 2.05 bits per heavy atom. The highest BCUT2D eigenvalue weighted by molar-refractivity contribution is 9.10. The fourth-order valence-corrected chi connectivity index (χ4v) is 2.36. The lowest BCUT2D eigenvalue weighted by Crippen LogP contribution is -2.08. The molecule has 0 amide bonds. The van der Waals surface area contributed by atoms with Crippen LogP contribution in [0.25, 0.3) is 0 Å². The summed E-state index contributed by atoms with van der Waals surface area (Å²) in [7, 11) is 0. The van der Waals surface area contributed by atoms with Gasteiger partial charge in [0.2, 0.25) is 0 Å². The molecule has 0 aromatic heterocycles. The lowest BCUT2D eigenvalue weighted by atomic mass is 10.1. The average molecular weight is 335 g/mol. The summed E-state index contributed by atoms with van der Waals surface area (Å²) < 4.78 is 1.01. The standard InChI is InChI=1S/C15H15BrN2O2/c1-9(10-3-2-4-11(16)7-10)18-12-5-6-14(17)13(8-12)15(19)20/h2-9,18H,17H2,1H3,(H,19,20). The lowest BCUT2D eigenvalue weighted by Gasteiger charge is -2.17. The third kappa shape index (κ3) is 3.30. The number of nitrogens with one attached hydrogen (secondary N) is 1. The Morgan fingerprint density at radius 3 is 2.70 bits per heavy atom. The minimum atomic E-state index is -1.03. The molecule has 5 heteroatoms. The van der Waals surface area contributed by atoms with Crippen LogP contribution in [-0.4, -0.2) is 11.1 Å². The zero-order chi connectivity index (χ0) is 14.7. The van der Waals surface area contributed by atoms with E-state index in [0.29, 0.717) is 0 Å². The largest absolute Gasteiger partial charge is 0.478 e. The number of benzene rings is 2. The Hall–Kier alpha value is -2.01. The van der Waals surface area contributed by atoms with Gasteiger partial charge in [0.15, 0.2) is 0 Å². The molecular weight excluding hydrogens is 320 g/mol. The number of hydrogen-bond acceptors (Lipinski definition) is 3. The van der Waals surface area contributed by atoms with Crippen LogP contribution in [0.1, 0.15) is 28.9 Å². The SMILES string of the molecule is CC(Nc1ccc(N)c(C(=O)O)c1)c1cccc(Br)c1. The second-order valence-corrected chi connectivity index (χ2v) is 5.44. The molecule has 0 saturated heterocycles. The summed E-state index contributed by atoms with van der Waals surface area (Å²) in [5.74, 6) is -1.03. The molecule has 2 rings (SSSR count). The van der Waals surface area contributed by atoms with Gasteiger partial charge in [0.05, 0.1) is 5.56 Å². The maximum Gasteiger partial charge on any atom is 0.337 e. The minimum Gasteiger partial charge on any atom is -0.478 e. The van der Waals surface area contributed by atoms with E-state index in [9.17, 15) is 4.79 Å². The van der Waals surface area contributed by atoms with Crippen molar-refractivity contribution in [2.75, 3.05) is 11.1 Å². The molecular formula is C15H15BrN2O2.